The second-order valence-corrected chi connectivity index (χ2v) is 10.2. The third kappa shape index (κ3) is 4.37. The summed E-state index contributed by atoms with van der Waals surface area (Å²) in [6.07, 6.45) is 5.97. The lowest BCUT2D eigenvalue weighted by Crippen LogP contribution is -2.60. The van der Waals surface area contributed by atoms with Crippen molar-refractivity contribution < 1.29 is 9.59 Å². The number of pyridine rings is 1. The molecule has 0 atom stereocenters. The molecule has 0 bridgehead atoms. The lowest BCUT2D eigenvalue weighted by atomic mass is 9.67. The van der Waals surface area contributed by atoms with Crippen molar-refractivity contribution in [1.29, 1.82) is 0 Å². The van der Waals surface area contributed by atoms with Crippen LogP contribution in [0.5, 0.6) is 0 Å². The minimum Gasteiger partial charge on any atom is -0.353 e. The summed E-state index contributed by atoms with van der Waals surface area (Å²) in [5.74, 6) is 0.0195. The number of benzene rings is 2. The van der Waals surface area contributed by atoms with Crippen molar-refractivity contribution in [1.82, 2.24) is 25.4 Å². The number of hydrogen-bond acceptors (Lipinski definition) is 4. The lowest BCUT2D eigenvalue weighted by molar-refractivity contribution is -0.121. The van der Waals surface area contributed by atoms with E-state index < -0.39 is 0 Å². The van der Waals surface area contributed by atoms with E-state index in [9.17, 15) is 9.59 Å². The standard InChI is InChI=1S/C29H29N5O2/c35-26(17-23-8-4-5-15-30-23)31-22-11-13-29(14-12-22)18-34(19-29)28(36)27-24-10-9-21(16-25(24)32-33-27)20-6-2-1-3-7-20/h1-10,15-16,22H,11-14,17-19H2,(H,31,35)(H,32,33). The van der Waals surface area contributed by atoms with Gasteiger partial charge in [-0.05, 0) is 61.1 Å². The highest BCUT2D eigenvalue weighted by atomic mass is 16.2. The molecule has 1 saturated carbocycles. The Morgan fingerprint density at radius 3 is 2.50 bits per heavy atom. The van der Waals surface area contributed by atoms with Crippen LogP contribution in [-0.4, -0.2) is 51.0 Å². The highest BCUT2D eigenvalue weighted by Gasteiger charge is 2.47. The Labute approximate surface area is 209 Å². The molecule has 3 heterocycles. The fourth-order valence-corrected chi connectivity index (χ4v) is 5.69. The van der Waals surface area contributed by atoms with Gasteiger partial charge < -0.3 is 10.2 Å². The van der Waals surface area contributed by atoms with Crippen LogP contribution < -0.4 is 5.32 Å². The third-order valence-corrected chi connectivity index (χ3v) is 7.69. The van der Waals surface area contributed by atoms with E-state index in [2.05, 4.69) is 38.7 Å². The number of nitrogens with one attached hydrogen (secondary N) is 2. The number of hydrogen-bond donors (Lipinski definition) is 2. The van der Waals surface area contributed by atoms with Crippen LogP contribution in [0.4, 0.5) is 0 Å². The molecule has 0 radical (unpaired) electrons. The Hall–Kier alpha value is -4.00. The van der Waals surface area contributed by atoms with E-state index >= 15 is 0 Å². The van der Waals surface area contributed by atoms with Gasteiger partial charge >= 0.3 is 0 Å². The fourth-order valence-electron chi connectivity index (χ4n) is 5.69. The maximum Gasteiger partial charge on any atom is 0.275 e. The van der Waals surface area contributed by atoms with Crippen molar-refractivity contribution in [3.63, 3.8) is 0 Å². The number of rotatable bonds is 5. The van der Waals surface area contributed by atoms with E-state index in [0.29, 0.717) is 12.1 Å². The van der Waals surface area contributed by atoms with Gasteiger partial charge in [0.15, 0.2) is 5.69 Å². The van der Waals surface area contributed by atoms with E-state index in [0.717, 1.165) is 66.5 Å². The van der Waals surface area contributed by atoms with Crippen LogP contribution in [-0.2, 0) is 11.2 Å². The molecule has 2 aromatic carbocycles. The van der Waals surface area contributed by atoms with Gasteiger partial charge in [0.05, 0.1) is 11.9 Å². The Morgan fingerprint density at radius 1 is 0.972 bits per heavy atom. The van der Waals surface area contributed by atoms with Gasteiger partial charge in [-0.3, -0.25) is 19.7 Å². The minimum atomic E-state index is -0.00914. The highest BCUT2D eigenvalue weighted by Crippen LogP contribution is 2.44. The topological polar surface area (TPSA) is 91.0 Å². The average Bonchev–Trinajstić information content (AvgIpc) is 3.32. The Morgan fingerprint density at radius 2 is 1.75 bits per heavy atom. The quantitative estimate of drug-likeness (QED) is 0.445. The number of fused-ring (bicyclic) bond motifs is 1. The van der Waals surface area contributed by atoms with Gasteiger partial charge in [-0.2, -0.15) is 5.10 Å². The predicted molar refractivity (Wildman–Crippen MR) is 138 cm³/mol. The van der Waals surface area contributed by atoms with E-state index in [1.165, 1.54) is 0 Å². The van der Waals surface area contributed by atoms with Gasteiger partial charge in [-0.25, -0.2) is 0 Å². The summed E-state index contributed by atoms with van der Waals surface area (Å²) in [5.41, 5.74) is 4.56. The van der Waals surface area contributed by atoms with Crippen LogP contribution in [0, 0.1) is 5.41 Å². The molecule has 6 rings (SSSR count). The molecule has 0 unspecified atom stereocenters. The lowest BCUT2D eigenvalue weighted by Gasteiger charge is -2.53. The van der Waals surface area contributed by atoms with Crippen LogP contribution >= 0.6 is 0 Å². The number of nitrogens with zero attached hydrogens (tertiary/aromatic N) is 3. The van der Waals surface area contributed by atoms with Crippen molar-refractivity contribution >= 4 is 22.7 Å². The number of H-pyrrole nitrogens is 1. The molecule has 1 spiro atoms. The molecule has 2 fully saturated rings. The van der Waals surface area contributed by atoms with Crippen molar-refractivity contribution in [2.24, 2.45) is 5.41 Å². The first-order valence-corrected chi connectivity index (χ1v) is 12.6. The molecule has 2 aliphatic rings. The molecule has 7 heteroatoms. The van der Waals surface area contributed by atoms with Gasteiger partial charge in [0.1, 0.15) is 0 Å². The molecule has 182 valence electrons. The van der Waals surface area contributed by atoms with Crippen LogP contribution in [0.1, 0.15) is 41.9 Å². The summed E-state index contributed by atoms with van der Waals surface area (Å²) in [7, 11) is 0. The van der Waals surface area contributed by atoms with Crippen molar-refractivity contribution in [2.45, 2.75) is 38.1 Å². The monoisotopic (exact) mass is 479 g/mol. The smallest absolute Gasteiger partial charge is 0.275 e. The number of carbonyl (C=O) groups excluding carboxylic acids is 2. The summed E-state index contributed by atoms with van der Waals surface area (Å²) in [6, 6.07) is 22.1. The molecule has 1 aliphatic heterocycles. The van der Waals surface area contributed by atoms with Gasteiger partial charge in [-0.15, -0.1) is 0 Å². The fraction of sp³-hybridized carbons (Fsp3) is 0.310. The summed E-state index contributed by atoms with van der Waals surface area (Å²) in [5, 5.41) is 11.5. The maximum atomic E-state index is 13.2. The molecule has 1 aliphatic carbocycles. The maximum absolute atomic E-state index is 13.2. The van der Waals surface area contributed by atoms with E-state index in [-0.39, 0.29) is 23.3 Å². The summed E-state index contributed by atoms with van der Waals surface area (Å²) < 4.78 is 0. The molecule has 4 aromatic rings. The van der Waals surface area contributed by atoms with Crippen LogP contribution in [0.3, 0.4) is 0 Å². The molecule has 2 amide bonds. The Kier molecular flexibility index (Phi) is 5.76. The summed E-state index contributed by atoms with van der Waals surface area (Å²) >= 11 is 0. The number of aromatic amines is 1. The molecule has 2 N–H and O–H groups in total. The first-order valence-electron chi connectivity index (χ1n) is 12.6. The van der Waals surface area contributed by atoms with E-state index in [1.54, 1.807) is 6.20 Å². The molecular weight excluding hydrogens is 450 g/mol. The van der Waals surface area contributed by atoms with Gasteiger partial charge in [0.2, 0.25) is 5.91 Å². The SMILES string of the molecule is O=C(Cc1ccccn1)NC1CCC2(CC1)CN(C(=O)c1n[nH]c3cc(-c4ccccc4)ccc13)C2. The zero-order chi connectivity index (χ0) is 24.5. The van der Waals surface area contributed by atoms with Gasteiger partial charge in [0.25, 0.3) is 5.91 Å². The third-order valence-electron chi connectivity index (χ3n) is 7.69. The highest BCUT2D eigenvalue weighted by molar-refractivity contribution is 6.05. The minimum absolute atomic E-state index is 0.00914. The second-order valence-electron chi connectivity index (χ2n) is 10.2. The molecule has 7 nitrogen and oxygen atoms in total. The largest absolute Gasteiger partial charge is 0.353 e. The molecule has 2 aromatic heterocycles. The predicted octanol–water partition coefficient (Wildman–Crippen LogP) is 4.37. The van der Waals surface area contributed by atoms with Crippen LogP contribution in [0.15, 0.2) is 72.9 Å². The van der Waals surface area contributed by atoms with E-state index in [1.807, 2.05) is 53.4 Å². The zero-order valence-electron chi connectivity index (χ0n) is 20.1. The normalized spacial score (nSPS) is 17.2. The molecular formula is C29H29N5O2. The van der Waals surface area contributed by atoms with Gasteiger partial charge in [0, 0.05) is 41.8 Å². The average molecular weight is 480 g/mol. The van der Waals surface area contributed by atoms with Crippen LogP contribution in [0.2, 0.25) is 0 Å². The first-order chi connectivity index (χ1) is 17.6. The number of aromatic nitrogens is 3. The summed E-state index contributed by atoms with van der Waals surface area (Å²) in [4.78, 5) is 31.8. The number of amides is 2. The molecule has 36 heavy (non-hydrogen) atoms. The van der Waals surface area contributed by atoms with Crippen molar-refractivity contribution in [3.05, 3.63) is 84.3 Å². The Balaban J connectivity index is 1.04. The van der Waals surface area contributed by atoms with Gasteiger partial charge in [-0.1, -0.05) is 42.5 Å². The first kappa shape index (κ1) is 22.5. The Bertz CT molecular complexity index is 1380. The summed E-state index contributed by atoms with van der Waals surface area (Å²) in [6.45, 7) is 1.52. The van der Waals surface area contributed by atoms with Crippen LogP contribution in [0.25, 0.3) is 22.0 Å². The second kappa shape index (κ2) is 9.22. The number of likely N-dealkylation sites (tertiary alicyclic amines) is 1. The van der Waals surface area contributed by atoms with Crippen molar-refractivity contribution in [2.75, 3.05) is 13.1 Å². The molecule has 1 saturated heterocycles. The zero-order valence-corrected chi connectivity index (χ0v) is 20.1. The van der Waals surface area contributed by atoms with E-state index in [4.69, 9.17) is 0 Å². The van der Waals surface area contributed by atoms with Crippen molar-refractivity contribution in [3.8, 4) is 11.1 Å². The number of carbonyl (C=O) groups is 2.